The van der Waals surface area contributed by atoms with Crippen LogP contribution in [0.3, 0.4) is 0 Å². The number of benzene rings is 2. The Morgan fingerprint density at radius 3 is 2.44 bits per heavy atom. The number of aryl methyl sites for hydroxylation is 1. The van der Waals surface area contributed by atoms with Crippen molar-refractivity contribution in [2.45, 2.75) is 45.7 Å². The molecule has 3 amide bonds. The van der Waals surface area contributed by atoms with E-state index in [0.29, 0.717) is 28.3 Å². The first-order valence-electron chi connectivity index (χ1n) is 11.8. The highest BCUT2D eigenvalue weighted by atomic mass is 32.1. The van der Waals surface area contributed by atoms with Gasteiger partial charge in [-0.3, -0.25) is 19.3 Å². The molecule has 0 aliphatic heterocycles. The summed E-state index contributed by atoms with van der Waals surface area (Å²) in [7, 11) is 1.55. The number of carbonyl (C=O) groups is 3. The van der Waals surface area contributed by atoms with E-state index in [9.17, 15) is 14.4 Å². The number of ether oxygens (including phenoxy) is 1. The molecule has 8 heteroatoms. The normalized spacial score (nSPS) is 11.9. The number of amides is 3. The van der Waals surface area contributed by atoms with E-state index in [-0.39, 0.29) is 18.4 Å². The summed E-state index contributed by atoms with van der Waals surface area (Å²) in [6.07, 6.45) is 0.707. The van der Waals surface area contributed by atoms with Gasteiger partial charge in [-0.1, -0.05) is 43.3 Å². The van der Waals surface area contributed by atoms with Gasteiger partial charge >= 0.3 is 0 Å². The van der Waals surface area contributed by atoms with Crippen molar-refractivity contribution in [2.24, 2.45) is 0 Å². The first-order valence-corrected chi connectivity index (χ1v) is 12.7. The highest BCUT2D eigenvalue weighted by molar-refractivity contribution is 7.12. The van der Waals surface area contributed by atoms with Gasteiger partial charge in [-0.05, 0) is 68.0 Å². The van der Waals surface area contributed by atoms with Crippen molar-refractivity contribution in [1.82, 2.24) is 10.6 Å². The maximum atomic E-state index is 13.8. The maximum absolute atomic E-state index is 13.8. The Morgan fingerprint density at radius 1 is 1.06 bits per heavy atom. The average molecular weight is 508 g/mol. The Hall–Kier alpha value is -3.65. The molecule has 0 saturated heterocycles. The van der Waals surface area contributed by atoms with Crippen LogP contribution in [-0.2, 0) is 9.59 Å². The Balaban J connectivity index is 2.07. The molecule has 0 fully saturated rings. The Labute approximate surface area is 216 Å². The van der Waals surface area contributed by atoms with Crippen molar-refractivity contribution >= 4 is 34.7 Å². The second-order valence-electron chi connectivity index (χ2n) is 9.12. The van der Waals surface area contributed by atoms with Crippen LogP contribution < -0.4 is 20.3 Å². The summed E-state index contributed by atoms with van der Waals surface area (Å²) in [5, 5.41) is 7.60. The van der Waals surface area contributed by atoms with Gasteiger partial charge < -0.3 is 15.4 Å². The summed E-state index contributed by atoms with van der Waals surface area (Å²) in [5.41, 5.74) is 1.53. The van der Waals surface area contributed by atoms with Gasteiger partial charge in [0, 0.05) is 11.2 Å². The Bertz CT molecular complexity index is 1210. The monoisotopic (exact) mass is 507 g/mol. The van der Waals surface area contributed by atoms with Gasteiger partial charge in [0.1, 0.15) is 11.8 Å². The second kappa shape index (κ2) is 11.9. The molecule has 7 nitrogen and oxygen atoms in total. The number of hydrogen-bond acceptors (Lipinski definition) is 5. The number of anilines is 1. The van der Waals surface area contributed by atoms with Gasteiger partial charge in [0.25, 0.3) is 5.91 Å². The summed E-state index contributed by atoms with van der Waals surface area (Å²) < 4.78 is 5.41. The van der Waals surface area contributed by atoms with Gasteiger partial charge in [0.05, 0.1) is 18.5 Å². The van der Waals surface area contributed by atoms with Crippen LogP contribution >= 0.6 is 11.3 Å². The fraction of sp³-hybridized carbons (Fsp3) is 0.321. The highest BCUT2D eigenvalue weighted by Gasteiger charge is 2.35. The minimum absolute atomic E-state index is 0.268. The highest BCUT2D eigenvalue weighted by Crippen LogP contribution is 2.32. The van der Waals surface area contributed by atoms with E-state index < -0.39 is 17.5 Å². The molecule has 190 valence electrons. The first kappa shape index (κ1) is 26.9. The summed E-state index contributed by atoms with van der Waals surface area (Å²) in [5.74, 6) is -0.497. The molecule has 36 heavy (non-hydrogen) atoms. The van der Waals surface area contributed by atoms with Crippen molar-refractivity contribution in [3.05, 3.63) is 82.0 Å². The summed E-state index contributed by atoms with van der Waals surface area (Å²) in [4.78, 5) is 42.2. The zero-order valence-electron chi connectivity index (χ0n) is 21.3. The second-order valence-corrected chi connectivity index (χ2v) is 10.1. The molecule has 0 aliphatic carbocycles. The Morgan fingerprint density at radius 2 is 1.81 bits per heavy atom. The molecule has 0 bridgehead atoms. The summed E-state index contributed by atoms with van der Waals surface area (Å²) in [6.45, 7) is 7.49. The lowest BCUT2D eigenvalue weighted by Crippen LogP contribution is -2.52. The van der Waals surface area contributed by atoms with Crippen LogP contribution in [0.5, 0.6) is 5.75 Å². The summed E-state index contributed by atoms with van der Waals surface area (Å²) in [6, 6.07) is 17.0. The van der Waals surface area contributed by atoms with E-state index in [0.717, 1.165) is 5.56 Å². The quantitative estimate of drug-likeness (QED) is 0.410. The molecule has 0 saturated carbocycles. The van der Waals surface area contributed by atoms with Crippen LogP contribution in [0.4, 0.5) is 5.69 Å². The van der Waals surface area contributed by atoms with Crippen molar-refractivity contribution in [3.8, 4) is 5.75 Å². The Kier molecular flexibility index (Phi) is 8.88. The van der Waals surface area contributed by atoms with Crippen LogP contribution in [-0.4, -0.2) is 36.9 Å². The SMILES string of the molecule is CCC(C)(C)NC(=O)[C@@H](c1cccc(OC)c1)N(C(=O)CNC(=O)c1cccs1)c1ccccc1C. The molecule has 3 rings (SSSR count). The molecule has 1 heterocycles. The number of nitrogens with one attached hydrogen (secondary N) is 2. The van der Waals surface area contributed by atoms with E-state index in [4.69, 9.17) is 4.74 Å². The van der Waals surface area contributed by atoms with Crippen molar-refractivity contribution in [1.29, 1.82) is 0 Å². The number of hydrogen-bond donors (Lipinski definition) is 2. The minimum atomic E-state index is -0.988. The van der Waals surface area contributed by atoms with Gasteiger partial charge in [-0.15, -0.1) is 11.3 Å². The molecule has 0 spiro atoms. The molecular weight excluding hydrogens is 474 g/mol. The van der Waals surface area contributed by atoms with Crippen LogP contribution in [0.2, 0.25) is 0 Å². The lowest BCUT2D eigenvalue weighted by Gasteiger charge is -2.35. The third-order valence-electron chi connectivity index (χ3n) is 6.05. The lowest BCUT2D eigenvalue weighted by molar-refractivity contribution is -0.127. The maximum Gasteiger partial charge on any atom is 0.261 e. The molecular formula is C28H33N3O4S. The number of thiophene rings is 1. The number of para-hydroxylation sites is 1. The molecule has 0 unspecified atom stereocenters. The molecule has 1 atom stereocenters. The number of methoxy groups -OCH3 is 1. The average Bonchev–Trinajstić information content (AvgIpc) is 3.41. The summed E-state index contributed by atoms with van der Waals surface area (Å²) >= 11 is 1.30. The van der Waals surface area contributed by atoms with Crippen LogP contribution in [0.1, 0.15) is 54.0 Å². The number of nitrogens with zero attached hydrogens (tertiary/aromatic N) is 1. The van der Waals surface area contributed by atoms with E-state index >= 15 is 0 Å². The molecule has 3 aromatic rings. The number of carbonyl (C=O) groups excluding carboxylic acids is 3. The molecule has 0 radical (unpaired) electrons. The van der Waals surface area contributed by atoms with Gasteiger partial charge in [0.15, 0.2) is 0 Å². The van der Waals surface area contributed by atoms with Crippen LogP contribution in [0, 0.1) is 6.92 Å². The fourth-order valence-electron chi connectivity index (χ4n) is 3.71. The van der Waals surface area contributed by atoms with Gasteiger partial charge in [-0.25, -0.2) is 0 Å². The molecule has 2 N–H and O–H groups in total. The van der Waals surface area contributed by atoms with E-state index in [2.05, 4.69) is 10.6 Å². The zero-order valence-corrected chi connectivity index (χ0v) is 22.1. The van der Waals surface area contributed by atoms with E-state index in [1.807, 2.05) is 45.9 Å². The molecule has 1 aromatic heterocycles. The lowest BCUT2D eigenvalue weighted by atomic mass is 9.97. The third-order valence-corrected chi connectivity index (χ3v) is 6.92. The van der Waals surface area contributed by atoms with Gasteiger partial charge in [0.2, 0.25) is 11.8 Å². The standard InChI is InChI=1S/C28H33N3O4S/c1-6-28(3,4)30-27(34)25(20-12-9-13-21(17-20)35-5)31(22-14-8-7-11-19(22)2)24(32)18-29-26(33)23-15-10-16-36-23/h7-17,25H,6,18H2,1-5H3,(H,29,33)(H,30,34)/t25-/m1/s1. The molecule has 2 aromatic carbocycles. The largest absolute Gasteiger partial charge is 0.497 e. The smallest absolute Gasteiger partial charge is 0.261 e. The van der Waals surface area contributed by atoms with E-state index in [1.165, 1.54) is 16.2 Å². The third kappa shape index (κ3) is 6.51. The first-order chi connectivity index (χ1) is 17.2. The predicted molar refractivity (Wildman–Crippen MR) is 144 cm³/mol. The molecule has 0 aliphatic rings. The van der Waals surface area contributed by atoms with Crippen molar-refractivity contribution < 1.29 is 19.1 Å². The number of rotatable bonds is 10. The predicted octanol–water partition coefficient (Wildman–Crippen LogP) is 4.87. The van der Waals surface area contributed by atoms with Crippen LogP contribution in [0.15, 0.2) is 66.0 Å². The van der Waals surface area contributed by atoms with Gasteiger partial charge in [-0.2, -0.15) is 0 Å². The van der Waals surface area contributed by atoms with E-state index in [1.54, 1.807) is 55.0 Å². The van der Waals surface area contributed by atoms with Crippen molar-refractivity contribution in [3.63, 3.8) is 0 Å². The fourth-order valence-corrected chi connectivity index (χ4v) is 4.35. The zero-order chi connectivity index (χ0) is 26.3. The topological polar surface area (TPSA) is 87.7 Å². The van der Waals surface area contributed by atoms with Crippen LogP contribution in [0.25, 0.3) is 0 Å². The minimum Gasteiger partial charge on any atom is -0.497 e. The van der Waals surface area contributed by atoms with Crippen molar-refractivity contribution in [2.75, 3.05) is 18.6 Å².